The lowest BCUT2D eigenvalue weighted by molar-refractivity contribution is -0.140. The molecule has 30 heavy (non-hydrogen) atoms. The Balaban J connectivity index is 0.00000450. The lowest BCUT2D eigenvalue weighted by atomic mass is 10.0. The molecular weight excluding hydrogens is 493 g/mol. The summed E-state index contributed by atoms with van der Waals surface area (Å²) in [6.45, 7) is 11.8. The first-order valence-corrected chi connectivity index (χ1v) is 11.5. The molecule has 2 heterocycles. The average molecular weight is 536 g/mol. The molecule has 2 N–H and O–H groups in total. The number of amides is 2. The molecule has 2 rings (SSSR count). The summed E-state index contributed by atoms with van der Waals surface area (Å²) in [5.74, 6) is 2.18. The first kappa shape index (κ1) is 27.0. The van der Waals surface area contributed by atoms with Crippen LogP contribution in [0.15, 0.2) is 4.99 Å². The Bertz CT molecular complexity index is 562. The molecule has 2 aliphatic heterocycles. The first-order chi connectivity index (χ1) is 13.9. The van der Waals surface area contributed by atoms with Crippen LogP contribution < -0.4 is 5.73 Å². The monoisotopic (exact) mass is 535 g/mol. The predicted octanol–water partition coefficient (Wildman–Crippen LogP) is 2.93. The SMILES string of the molecule is CC(C)CC(=O)N1CCN(C(=O)CCCCCN=C(N)N2CCCC(C)C2)CC1.I. The highest BCUT2D eigenvalue weighted by Crippen LogP contribution is 2.15. The third-order valence-corrected chi connectivity index (χ3v) is 5.87. The van der Waals surface area contributed by atoms with Crippen LogP contribution >= 0.6 is 24.0 Å². The Morgan fingerprint density at radius 1 is 0.967 bits per heavy atom. The number of carbonyl (C=O) groups is 2. The van der Waals surface area contributed by atoms with Crippen LogP contribution in [0.4, 0.5) is 0 Å². The van der Waals surface area contributed by atoms with Crippen molar-refractivity contribution in [2.24, 2.45) is 22.6 Å². The van der Waals surface area contributed by atoms with Gasteiger partial charge in [0.05, 0.1) is 0 Å². The van der Waals surface area contributed by atoms with Crippen LogP contribution in [-0.2, 0) is 9.59 Å². The second-order valence-electron chi connectivity index (χ2n) is 9.10. The van der Waals surface area contributed by atoms with Gasteiger partial charge in [0.15, 0.2) is 5.96 Å². The zero-order valence-corrected chi connectivity index (χ0v) is 21.5. The number of nitrogens with zero attached hydrogens (tertiary/aromatic N) is 4. The van der Waals surface area contributed by atoms with Gasteiger partial charge in [0.1, 0.15) is 0 Å². The summed E-state index contributed by atoms with van der Waals surface area (Å²) < 4.78 is 0. The number of halogens is 1. The van der Waals surface area contributed by atoms with Gasteiger partial charge in [-0.1, -0.05) is 27.2 Å². The van der Waals surface area contributed by atoms with Crippen LogP contribution in [0.1, 0.15) is 65.7 Å². The Labute approximate surface area is 199 Å². The third kappa shape index (κ3) is 9.39. The highest BCUT2D eigenvalue weighted by atomic mass is 127. The zero-order chi connectivity index (χ0) is 21.2. The molecule has 2 amide bonds. The standard InChI is InChI=1S/C22H41N5O2.HI/c1-18(2)16-21(29)26-14-12-25(13-15-26)20(28)9-5-4-6-10-24-22(23)27-11-7-8-19(3)17-27;/h18-19H,4-17H2,1-3H3,(H2,23,24);1H. The van der Waals surface area contributed by atoms with E-state index >= 15 is 0 Å². The summed E-state index contributed by atoms with van der Waals surface area (Å²) in [7, 11) is 0. The highest BCUT2D eigenvalue weighted by Gasteiger charge is 2.24. The summed E-state index contributed by atoms with van der Waals surface area (Å²) in [6, 6.07) is 0. The number of nitrogens with two attached hydrogens (primary N) is 1. The van der Waals surface area contributed by atoms with Gasteiger partial charge in [-0.05, 0) is 37.5 Å². The minimum atomic E-state index is 0. The molecule has 174 valence electrons. The number of piperazine rings is 1. The van der Waals surface area contributed by atoms with Crippen molar-refractivity contribution in [2.75, 3.05) is 45.8 Å². The maximum absolute atomic E-state index is 12.4. The van der Waals surface area contributed by atoms with Crippen molar-refractivity contribution < 1.29 is 9.59 Å². The summed E-state index contributed by atoms with van der Waals surface area (Å²) in [5, 5.41) is 0. The highest BCUT2D eigenvalue weighted by molar-refractivity contribution is 14.0. The van der Waals surface area contributed by atoms with Gasteiger partial charge in [-0.15, -0.1) is 24.0 Å². The van der Waals surface area contributed by atoms with Gasteiger partial charge < -0.3 is 20.4 Å². The quantitative estimate of drug-likeness (QED) is 0.224. The molecule has 0 aliphatic carbocycles. The molecule has 2 fully saturated rings. The predicted molar refractivity (Wildman–Crippen MR) is 133 cm³/mol. The fourth-order valence-electron chi connectivity index (χ4n) is 4.10. The minimum Gasteiger partial charge on any atom is -0.370 e. The van der Waals surface area contributed by atoms with Crippen molar-refractivity contribution in [3.05, 3.63) is 0 Å². The van der Waals surface area contributed by atoms with Crippen molar-refractivity contribution in [1.82, 2.24) is 14.7 Å². The number of aliphatic imine (C=N–C) groups is 1. The maximum Gasteiger partial charge on any atom is 0.222 e. The zero-order valence-electron chi connectivity index (χ0n) is 19.1. The number of hydrogen-bond acceptors (Lipinski definition) is 3. The van der Waals surface area contributed by atoms with Gasteiger partial charge in [0.25, 0.3) is 0 Å². The lowest BCUT2D eigenvalue weighted by Crippen LogP contribution is -2.50. The van der Waals surface area contributed by atoms with Crippen LogP contribution in [0, 0.1) is 11.8 Å². The fraction of sp³-hybridized carbons (Fsp3) is 0.864. The Morgan fingerprint density at radius 3 is 2.20 bits per heavy atom. The molecule has 0 aromatic heterocycles. The fourth-order valence-corrected chi connectivity index (χ4v) is 4.10. The van der Waals surface area contributed by atoms with Crippen LogP contribution in [0.5, 0.6) is 0 Å². The molecule has 0 bridgehead atoms. The van der Waals surface area contributed by atoms with Crippen molar-refractivity contribution in [1.29, 1.82) is 0 Å². The number of likely N-dealkylation sites (tertiary alicyclic amines) is 1. The first-order valence-electron chi connectivity index (χ1n) is 11.5. The van der Waals surface area contributed by atoms with Crippen LogP contribution in [0.25, 0.3) is 0 Å². The number of rotatable bonds is 8. The van der Waals surface area contributed by atoms with E-state index in [-0.39, 0.29) is 35.8 Å². The lowest BCUT2D eigenvalue weighted by Gasteiger charge is -2.35. The molecular formula is C22H42IN5O2. The average Bonchev–Trinajstić information content (AvgIpc) is 2.69. The van der Waals surface area contributed by atoms with E-state index in [9.17, 15) is 9.59 Å². The van der Waals surface area contributed by atoms with Gasteiger partial charge in [0, 0.05) is 58.7 Å². The molecule has 7 nitrogen and oxygen atoms in total. The molecule has 2 aliphatic rings. The molecule has 0 saturated carbocycles. The number of guanidine groups is 1. The molecule has 0 aromatic rings. The van der Waals surface area contributed by atoms with Crippen LogP contribution in [0.2, 0.25) is 0 Å². The number of piperidine rings is 1. The number of unbranched alkanes of at least 4 members (excludes halogenated alkanes) is 2. The van der Waals surface area contributed by atoms with Gasteiger partial charge in [-0.25, -0.2) is 0 Å². The van der Waals surface area contributed by atoms with E-state index in [0.29, 0.717) is 56.8 Å². The molecule has 1 atom stereocenters. The number of carbonyl (C=O) groups excluding carboxylic acids is 2. The molecule has 1 unspecified atom stereocenters. The van der Waals surface area contributed by atoms with E-state index in [4.69, 9.17) is 5.73 Å². The second kappa shape index (κ2) is 14.1. The van der Waals surface area contributed by atoms with Gasteiger partial charge in [-0.3, -0.25) is 14.6 Å². The van der Waals surface area contributed by atoms with Gasteiger partial charge >= 0.3 is 0 Å². The Hall–Kier alpha value is -1.06. The Kier molecular flexibility index (Phi) is 12.7. The minimum absolute atomic E-state index is 0. The Morgan fingerprint density at radius 2 is 1.60 bits per heavy atom. The largest absolute Gasteiger partial charge is 0.370 e. The van der Waals surface area contributed by atoms with E-state index < -0.39 is 0 Å². The van der Waals surface area contributed by atoms with Crippen molar-refractivity contribution >= 4 is 41.8 Å². The van der Waals surface area contributed by atoms with E-state index in [1.807, 2.05) is 9.80 Å². The van der Waals surface area contributed by atoms with Crippen molar-refractivity contribution in [3.8, 4) is 0 Å². The summed E-state index contributed by atoms with van der Waals surface area (Å²) in [4.78, 5) is 35.0. The normalized spacial score (nSPS) is 20.3. The van der Waals surface area contributed by atoms with E-state index in [1.54, 1.807) is 0 Å². The molecule has 8 heteroatoms. The van der Waals surface area contributed by atoms with Gasteiger partial charge in [-0.2, -0.15) is 0 Å². The molecule has 0 aromatic carbocycles. The number of hydrogen-bond donors (Lipinski definition) is 1. The molecule has 0 spiro atoms. The van der Waals surface area contributed by atoms with E-state index in [0.717, 1.165) is 38.9 Å². The smallest absolute Gasteiger partial charge is 0.222 e. The van der Waals surface area contributed by atoms with E-state index in [2.05, 4.69) is 30.7 Å². The third-order valence-electron chi connectivity index (χ3n) is 5.87. The summed E-state index contributed by atoms with van der Waals surface area (Å²) in [5.41, 5.74) is 6.12. The topological polar surface area (TPSA) is 82.2 Å². The van der Waals surface area contributed by atoms with Crippen molar-refractivity contribution in [2.45, 2.75) is 65.7 Å². The maximum atomic E-state index is 12.4. The van der Waals surface area contributed by atoms with Gasteiger partial charge in [0.2, 0.25) is 11.8 Å². The van der Waals surface area contributed by atoms with Crippen LogP contribution in [0.3, 0.4) is 0 Å². The second-order valence-corrected chi connectivity index (χ2v) is 9.10. The molecule has 2 saturated heterocycles. The molecule has 0 radical (unpaired) electrons. The summed E-state index contributed by atoms with van der Waals surface area (Å²) in [6.07, 6.45) is 6.50. The van der Waals surface area contributed by atoms with E-state index in [1.165, 1.54) is 12.8 Å². The van der Waals surface area contributed by atoms with Crippen LogP contribution in [-0.4, -0.2) is 78.3 Å². The summed E-state index contributed by atoms with van der Waals surface area (Å²) >= 11 is 0. The van der Waals surface area contributed by atoms with Crippen molar-refractivity contribution in [3.63, 3.8) is 0 Å².